The molecule has 1 aliphatic carbocycles. The van der Waals surface area contributed by atoms with Crippen molar-refractivity contribution in [1.82, 2.24) is 15.5 Å². The minimum Gasteiger partial charge on any atom is -0.381 e. The number of nitrogens with zero attached hydrogens (tertiary/aromatic N) is 2. The zero-order valence-corrected chi connectivity index (χ0v) is 15.1. The Balaban J connectivity index is 1.56. The summed E-state index contributed by atoms with van der Waals surface area (Å²) in [5.74, 6) is 0.942. The number of guanidine groups is 1. The van der Waals surface area contributed by atoms with E-state index >= 15 is 0 Å². The highest BCUT2D eigenvalue weighted by Crippen LogP contribution is 2.26. The minimum absolute atomic E-state index is 0.544. The van der Waals surface area contributed by atoms with Crippen LogP contribution >= 0.6 is 0 Å². The Morgan fingerprint density at radius 2 is 1.96 bits per heavy atom. The molecule has 0 radical (unpaired) electrons. The zero-order valence-electron chi connectivity index (χ0n) is 15.1. The van der Waals surface area contributed by atoms with Gasteiger partial charge in [0, 0.05) is 52.0 Å². The molecule has 0 amide bonds. The molecular weight excluding hydrogens is 288 g/mol. The van der Waals surface area contributed by atoms with Gasteiger partial charge in [-0.1, -0.05) is 26.2 Å². The molecule has 0 bridgehead atoms. The van der Waals surface area contributed by atoms with Crippen molar-refractivity contribution in [3.05, 3.63) is 0 Å². The van der Waals surface area contributed by atoms with Crippen molar-refractivity contribution in [2.45, 2.75) is 70.4 Å². The lowest BCUT2D eigenvalue weighted by Crippen LogP contribution is -2.45. The van der Waals surface area contributed by atoms with Gasteiger partial charge in [0.25, 0.3) is 0 Å². The highest BCUT2D eigenvalue weighted by molar-refractivity contribution is 5.79. The number of unbranched alkanes of at least 4 members (excludes halogenated alkanes) is 1. The van der Waals surface area contributed by atoms with E-state index in [4.69, 9.17) is 4.74 Å². The van der Waals surface area contributed by atoms with Crippen molar-refractivity contribution in [1.29, 1.82) is 0 Å². The van der Waals surface area contributed by atoms with Crippen molar-refractivity contribution < 1.29 is 4.74 Å². The molecule has 0 aromatic heterocycles. The fraction of sp³-hybridized carbons (Fsp3) is 0.944. The van der Waals surface area contributed by atoms with Gasteiger partial charge in [0.15, 0.2) is 5.96 Å². The second kappa shape index (κ2) is 10.9. The highest BCUT2D eigenvalue weighted by Gasteiger charge is 2.30. The Morgan fingerprint density at radius 1 is 1.17 bits per heavy atom. The number of likely N-dealkylation sites (tertiary alicyclic amines) is 1. The van der Waals surface area contributed by atoms with Crippen molar-refractivity contribution in [3.8, 4) is 0 Å². The molecule has 1 aliphatic heterocycles. The molecule has 2 fully saturated rings. The van der Waals surface area contributed by atoms with Crippen molar-refractivity contribution in [2.24, 2.45) is 4.99 Å². The molecule has 134 valence electrons. The Morgan fingerprint density at radius 3 is 2.70 bits per heavy atom. The molecule has 0 aromatic rings. The Bertz CT molecular complexity index is 342. The third-order valence-corrected chi connectivity index (χ3v) is 5.03. The smallest absolute Gasteiger partial charge is 0.191 e. The first kappa shape index (κ1) is 18.5. The summed E-state index contributed by atoms with van der Waals surface area (Å²) in [6, 6.07) is 1.39. The van der Waals surface area contributed by atoms with Crippen LogP contribution in [0.1, 0.15) is 58.3 Å². The number of nitrogens with one attached hydrogen (secondary N) is 2. The first-order valence-electron chi connectivity index (χ1n) is 9.62. The molecule has 1 saturated carbocycles. The predicted molar refractivity (Wildman–Crippen MR) is 97.1 cm³/mol. The lowest BCUT2D eigenvalue weighted by Gasteiger charge is -2.24. The van der Waals surface area contributed by atoms with Gasteiger partial charge in [-0.2, -0.15) is 0 Å². The van der Waals surface area contributed by atoms with Gasteiger partial charge in [-0.25, -0.2) is 0 Å². The number of hydrogen-bond acceptors (Lipinski definition) is 3. The van der Waals surface area contributed by atoms with Crippen LogP contribution in [0.15, 0.2) is 4.99 Å². The topological polar surface area (TPSA) is 48.9 Å². The van der Waals surface area contributed by atoms with Crippen LogP contribution in [0.4, 0.5) is 0 Å². The minimum atomic E-state index is 0.544. The van der Waals surface area contributed by atoms with Crippen LogP contribution in [-0.4, -0.2) is 62.8 Å². The van der Waals surface area contributed by atoms with E-state index in [1.165, 1.54) is 51.6 Å². The molecule has 0 aromatic carbocycles. The molecular formula is C18H36N4O. The third kappa shape index (κ3) is 6.68. The molecule has 1 atom stereocenters. The average molecular weight is 325 g/mol. The van der Waals surface area contributed by atoms with Gasteiger partial charge in [-0.3, -0.25) is 9.89 Å². The van der Waals surface area contributed by atoms with Crippen LogP contribution < -0.4 is 10.6 Å². The van der Waals surface area contributed by atoms with E-state index in [2.05, 4.69) is 27.4 Å². The Kier molecular flexibility index (Phi) is 8.76. The van der Waals surface area contributed by atoms with Crippen molar-refractivity contribution in [2.75, 3.05) is 39.9 Å². The van der Waals surface area contributed by atoms with Crippen molar-refractivity contribution in [3.63, 3.8) is 0 Å². The SMILES string of the molecule is CCCCOCCCNC(=NC)NC1CCN(C2CCCC2)C1. The van der Waals surface area contributed by atoms with Gasteiger partial charge in [-0.15, -0.1) is 0 Å². The second-order valence-electron chi connectivity index (χ2n) is 6.88. The number of rotatable bonds is 9. The molecule has 2 aliphatic rings. The predicted octanol–water partition coefficient (Wildman–Crippen LogP) is 2.38. The van der Waals surface area contributed by atoms with E-state index in [1.807, 2.05) is 7.05 Å². The largest absolute Gasteiger partial charge is 0.381 e. The summed E-state index contributed by atoms with van der Waals surface area (Å²) in [7, 11) is 1.86. The molecule has 0 spiro atoms. The molecule has 5 heteroatoms. The maximum absolute atomic E-state index is 5.59. The molecule has 5 nitrogen and oxygen atoms in total. The second-order valence-corrected chi connectivity index (χ2v) is 6.88. The van der Waals surface area contributed by atoms with Crippen LogP contribution in [0.25, 0.3) is 0 Å². The van der Waals surface area contributed by atoms with E-state index in [0.29, 0.717) is 6.04 Å². The van der Waals surface area contributed by atoms with E-state index < -0.39 is 0 Å². The molecule has 1 heterocycles. The van der Waals surface area contributed by atoms with Crippen LogP contribution in [0, 0.1) is 0 Å². The van der Waals surface area contributed by atoms with Gasteiger partial charge < -0.3 is 15.4 Å². The van der Waals surface area contributed by atoms with Crippen LogP contribution in [0.3, 0.4) is 0 Å². The van der Waals surface area contributed by atoms with Crippen LogP contribution in [0.5, 0.6) is 0 Å². The van der Waals surface area contributed by atoms with E-state index in [9.17, 15) is 0 Å². The Hall–Kier alpha value is -0.810. The van der Waals surface area contributed by atoms with E-state index in [-0.39, 0.29) is 0 Å². The highest BCUT2D eigenvalue weighted by atomic mass is 16.5. The number of hydrogen-bond donors (Lipinski definition) is 2. The summed E-state index contributed by atoms with van der Waals surface area (Å²) in [5, 5.41) is 7.00. The summed E-state index contributed by atoms with van der Waals surface area (Å²) in [4.78, 5) is 7.04. The lowest BCUT2D eigenvalue weighted by molar-refractivity contribution is 0.129. The monoisotopic (exact) mass is 324 g/mol. The number of aliphatic imine (C=N–C) groups is 1. The Labute approximate surface area is 142 Å². The molecule has 1 saturated heterocycles. The quantitative estimate of drug-likeness (QED) is 0.388. The van der Waals surface area contributed by atoms with E-state index in [0.717, 1.165) is 44.6 Å². The van der Waals surface area contributed by atoms with Crippen molar-refractivity contribution >= 4 is 5.96 Å². The summed E-state index contributed by atoms with van der Waals surface area (Å²) < 4.78 is 5.59. The average Bonchev–Trinajstić information content (AvgIpc) is 3.24. The molecule has 2 N–H and O–H groups in total. The zero-order chi connectivity index (χ0) is 16.3. The van der Waals surface area contributed by atoms with Gasteiger partial charge in [-0.05, 0) is 32.1 Å². The fourth-order valence-corrected chi connectivity index (χ4v) is 3.62. The number of ether oxygens (including phenoxy) is 1. The molecule has 2 rings (SSSR count). The summed E-state index contributed by atoms with van der Waals surface area (Å²) >= 11 is 0. The fourth-order valence-electron chi connectivity index (χ4n) is 3.62. The standard InChI is InChI=1S/C18H36N4O/c1-3-4-13-23-14-7-11-20-18(19-2)21-16-10-12-22(15-16)17-8-5-6-9-17/h16-17H,3-15H2,1-2H3,(H2,19,20,21). The van der Waals surface area contributed by atoms with Gasteiger partial charge in [0.1, 0.15) is 0 Å². The summed E-state index contributed by atoms with van der Waals surface area (Å²) in [6.45, 7) is 7.25. The van der Waals surface area contributed by atoms with Gasteiger partial charge in [0.05, 0.1) is 0 Å². The van der Waals surface area contributed by atoms with Gasteiger partial charge >= 0.3 is 0 Å². The maximum Gasteiger partial charge on any atom is 0.191 e. The van der Waals surface area contributed by atoms with Crippen LogP contribution in [-0.2, 0) is 4.74 Å². The maximum atomic E-state index is 5.59. The molecule has 1 unspecified atom stereocenters. The van der Waals surface area contributed by atoms with Gasteiger partial charge in [0.2, 0.25) is 0 Å². The lowest BCUT2D eigenvalue weighted by atomic mass is 10.2. The van der Waals surface area contributed by atoms with E-state index in [1.54, 1.807) is 0 Å². The first-order chi connectivity index (χ1) is 11.3. The normalized spacial score (nSPS) is 23.6. The summed E-state index contributed by atoms with van der Waals surface area (Å²) in [5.41, 5.74) is 0. The summed E-state index contributed by atoms with van der Waals surface area (Å²) in [6.07, 6.45) is 10.3. The molecule has 23 heavy (non-hydrogen) atoms. The first-order valence-corrected chi connectivity index (χ1v) is 9.62. The third-order valence-electron chi connectivity index (χ3n) is 5.03. The van der Waals surface area contributed by atoms with Crippen LogP contribution in [0.2, 0.25) is 0 Å².